The van der Waals surface area contributed by atoms with Gasteiger partial charge in [-0.05, 0) is 26.3 Å². The van der Waals surface area contributed by atoms with Crippen LogP contribution in [0.15, 0.2) is 30.3 Å². The summed E-state index contributed by atoms with van der Waals surface area (Å²) in [6.07, 6.45) is -0.584. The van der Waals surface area contributed by atoms with Gasteiger partial charge in [-0.3, -0.25) is 14.5 Å². The topological polar surface area (TPSA) is 87.2 Å². The lowest BCUT2D eigenvalue weighted by Gasteiger charge is -2.40. The van der Waals surface area contributed by atoms with Crippen LogP contribution in [0.3, 0.4) is 0 Å². The van der Waals surface area contributed by atoms with Gasteiger partial charge in [0.15, 0.2) is 0 Å². The highest BCUT2D eigenvalue weighted by molar-refractivity contribution is 5.90. The summed E-state index contributed by atoms with van der Waals surface area (Å²) in [5, 5.41) is 8.97. The van der Waals surface area contributed by atoms with Crippen molar-refractivity contribution < 1.29 is 24.2 Å². The van der Waals surface area contributed by atoms with Crippen molar-refractivity contribution in [2.24, 2.45) is 0 Å². The fourth-order valence-electron chi connectivity index (χ4n) is 2.57. The van der Waals surface area contributed by atoms with Crippen molar-refractivity contribution in [3.8, 4) is 0 Å². The molecule has 0 saturated carbocycles. The third-order valence-corrected chi connectivity index (χ3v) is 3.54. The van der Waals surface area contributed by atoms with Crippen LogP contribution in [0.5, 0.6) is 0 Å². The van der Waals surface area contributed by atoms with E-state index >= 15 is 0 Å². The Labute approximate surface area is 140 Å². The molecule has 24 heavy (non-hydrogen) atoms. The van der Waals surface area contributed by atoms with Crippen molar-refractivity contribution in [3.63, 3.8) is 0 Å². The Bertz CT molecular complexity index is 624. The van der Waals surface area contributed by atoms with Crippen molar-refractivity contribution in [2.45, 2.75) is 32.4 Å². The number of carboxylic acids is 1. The van der Waals surface area contributed by atoms with E-state index in [1.807, 2.05) is 6.07 Å². The molecule has 0 aromatic heterocycles. The molecule has 7 nitrogen and oxygen atoms in total. The van der Waals surface area contributed by atoms with Crippen LogP contribution < -0.4 is 0 Å². The molecular weight excluding hydrogens is 312 g/mol. The second-order valence-corrected chi connectivity index (χ2v) is 6.64. The van der Waals surface area contributed by atoms with Gasteiger partial charge in [-0.1, -0.05) is 30.3 Å². The van der Waals surface area contributed by atoms with Crippen molar-refractivity contribution in [1.29, 1.82) is 0 Å². The molecule has 1 aromatic rings. The zero-order valence-corrected chi connectivity index (χ0v) is 14.1. The van der Waals surface area contributed by atoms with Crippen LogP contribution in [0, 0.1) is 0 Å². The van der Waals surface area contributed by atoms with Gasteiger partial charge < -0.3 is 14.7 Å². The highest BCUT2D eigenvalue weighted by Gasteiger charge is 2.40. The Balaban J connectivity index is 2.31. The van der Waals surface area contributed by atoms with Gasteiger partial charge in [-0.15, -0.1) is 0 Å². The molecule has 1 fully saturated rings. The molecule has 1 heterocycles. The fourth-order valence-corrected chi connectivity index (χ4v) is 2.57. The van der Waals surface area contributed by atoms with Crippen molar-refractivity contribution in [1.82, 2.24) is 9.80 Å². The van der Waals surface area contributed by atoms with Crippen molar-refractivity contribution >= 4 is 18.0 Å². The highest BCUT2D eigenvalue weighted by atomic mass is 16.6. The molecular formula is C17H22N2O5. The summed E-state index contributed by atoms with van der Waals surface area (Å²) < 4.78 is 5.39. The predicted molar refractivity (Wildman–Crippen MR) is 86.3 cm³/mol. The molecule has 1 saturated heterocycles. The van der Waals surface area contributed by atoms with E-state index < -0.39 is 29.6 Å². The molecule has 1 aromatic carbocycles. The largest absolute Gasteiger partial charge is 0.480 e. The molecule has 1 N–H and O–H groups in total. The Morgan fingerprint density at radius 2 is 1.83 bits per heavy atom. The molecule has 130 valence electrons. The normalized spacial score (nSPS) is 18.5. The molecule has 7 heteroatoms. The van der Waals surface area contributed by atoms with E-state index in [1.165, 1.54) is 9.80 Å². The first-order chi connectivity index (χ1) is 11.2. The quantitative estimate of drug-likeness (QED) is 0.912. The third-order valence-electron chi connectivity index (χ3n) is 3.54. The van der Waals surface area contributed by atoms with Crippen molar-refractivity contribution in [3.05, 3.63) is 35.9 Å². The minimum absolute atomic E-state index is 0.160. The van der Waals surface area contributed by atoms with E-state index in [-0.39, 0.29) is 19.6 Å². The molecule has 0 radical (unpaired) electrons. The van der Waals surface area contributed by atoms with Gasteiger partial charge in [-0.25, -0.2) is 4.79 Å². The average molecular weight is 334 g/mol. The van der Waals surface area contributed by atoms with Gasteiger partial charge in [0.05, 0.1) is 0 Å². The average Bonchev–Trinajstić information content (AvgIpc) is 2.47. The summed E-state index contributed by atoms with van der Waals surface area (Å²) in [5.74, 6) is -1.50. The third kappa shape index (κ3) is 4.24. The van der Waals surface area contributed by atoms with Crippen LogP contribution in [-0.4, -0.2) is 58.1 Å². The summed E-state index contributed by atoms with van der Waals surface area (Å²) in [7, 11) is 0. The Hall–Kier alpha value is -2.57. The highest BCUT2D eigenvalue weighted by Crippen LogP contribution is 2.28. The molecule has 1 atom stereocenters. The number of hydrogen-bond donors (Lipinski definition) is 1. The summed E-state index contributed by atoms with van der Waals surface area (Å²) in [6.45, 7) is 5.26. The van der Waals surface area contributed by atoms with Gasteiger partial charge in [-0.2, -0.15) is 0 Å². The second kappa shape index (κ2) is 6.90. The lowest BCUT2D eigenvalue weighted by molar-refractivity contribution is -0.150. The van der Waals surface area contributed by atoms with Gasteiger partial charge in [0.25, 0.3) is 5.91 Å². The molecule has 2 amide bonds. The van der Waals surface area contributed by atoms with E-state index in [4.69, 9.17) is 9.84 Å². The fraction of sp³-hybridized carbons (Fsp3) is 0.471. The predicted octanol–water partition coefficient (Wildman–Crippen LogP) is 1.89. The van der Waals surface area contributed by atoms with Gasteiger partial charge >= 0.3 is 12.1 Å². The van der Waals surface area contributed by atoms with Crippen LogP contribution in [0.4, 0.5) is 4.79 Å². The van der Waals surface area contributed by atoms with E-state index in [2.05, 4.69) is 0 Å². The maximum absolute atomic E-state index is 12.8. The van der Waals surface area contributed by atoms with E-state index in [0.717, 1.165) is 0 Å². The molecule has 0 bridgehead atoms. The monoisotopic (exact) mass is 334 g/mol. The van der Waals surface area contributed by atoms with Crippen LogP contribution in [0.2, 0.25) is 0 Å². The summed E-state index contributed by atoms with van der Waals surface area (Å²) in [6, 6.07) is 7.95. The minimum atomic E-state index is -1.08. The van der Waals surface area contributed by atoms with E-state index in [0.29, 0.717) is 5.56 Å². The number of rotatable bonds is 3. The van der Waals surface area contributed by atoms with Crippen LogP contribution in [0.1, 0.15) is 32.4 Å². The number of benzene rings is 1. The van der Waals surface area contributed by atoms with E-state index in [1.54, 1.807) is 45.0 Å². The molecule has 0 unspecified atom stereocenters. The SMILES string of the molecule is CC(C)(C)OC(=O)N1CCN(CC(=O)O)C(=O)[C@@H]1c1ccccc1. The Kier molecular flexibility index (Phi) is 5.11. The number of amides is 2. The smallest absolute Gasteiger partial charge is 0.411 e. The summed E-state index contributed by atoms with van der Waals surface area (Å²) in [4.78, 5) is 38.8. The molecule has 2 rings (SSSR count). The maximum Gasteiger partial charge on any atom is 0.411 e. The van der Waals surface area contributed by atoms with Gasteiger partial charge in [0.1, 0.15) is 18.2 Å². The first-order valence-electron chi connectivity index (χ1n) is 7.74. The van der Waals surface area contributed by atoms with Crippen LogP contribution >= 0.6 is 0 Å². The number of ether oxygens (including phenoxy) is 1. The number of carbonyl (C=O) groups is 3. The summed E-state index contributed by atoms with van der Waals surface area (Å²) >= 11 is 0. The first-order valence-corrected chi connectivity index (χ1v) is 7.74. The lowest BCUT2D eigenvalue weighted by atomic mass is 10.0. The Morgan fingerprint density at radius 1 is 1.21 bits per heavy atom. The second-order valence-electron chi connectivity index (χ2n) is 6.64. The zero-order valence-electron chi connectivity index (χ0n) is 14.1. The first kappa shape index (κ1) is 17.8. The number of carboxylic acid groups (broad SMARTS) is 1. The molecule has 0 aliphatic carbocycles. The number of carbonyl (C=O) groups excluding carboxylic acids is 2. The minimum Gasteiger partial charge on any atom is -0.480 e. The standard InChI is InChI=1S/C17H22N2O5/c1-17(2,3)24-16(23)19-10-9-18(11-13(20)21)15(22)14(19)12-7-5-4-6-8-12/h4-8,14H,9-11H2,1-3H3,(H,20,21)/t14-/m0/s1. The van der Waals surface area contributed by atoms with Crippen LogP contribution in [-0.2, 0) is 14.3 Å². The number of aliphatic carboxylic acids is 1. The number of hydrogen-bond acceptors (Lipinski definition) is 4. The van der Waals surface area contributed by atoms with Crippen LogP contribution in [0.25, 0.3) is 0 Å². The van der Waals surface area contributed by atoms with Gasteiger partial charge in [0, 0.05) is 13.1 Å². The number of piperazine rings is 1. The zero-order chi connectivity index (χ0) is 17.9. The molecule has 0 spiro atoms. The van der Waals surface area contributed by atoms with Crippen molar-refractivity contribution in [2.75, 3.05) is 19.6 Å². The van der Waals surface area contributed by atoms with Gasteiger partial charge in [0.2, 0.25) is 0 Å². The molecule has 1 aliphatic rings. The lowest BCUT2D eigenvalue weighted by Crippen LogP contribution is -2.55. The number of nitrogens with zero attached hydrogens (tertiary/aromatic N) is 2. The van der Waals surface area contributed by atoms with E-state index in [9.17, 15) is 14.4 Å². The maximum atomic E-state index is 12.8. The summed E-state index contributed by atoms with van der Waals surface area (Å²) in [5.41, 5.74) is -0.0528. The Morgan fingerprint density at radius 3 is 2.38 bits per heavy atom. The molecule has 1 aliphatic heterocycles.